The van der Waals surface area contributed by atoms with E-state index in [2.05, 4.69) is 44.1 Å². The van der Waals surface area contributed by atoms with Crippen molar-refractivity contribution in [2.45, 2.75) is 68.8 Å². The third kappa shape index (κ3) is 9.44. The van der Waals surface area contributed by atoms with E-state index in [1.807, 2.05) is 0 Å². The maximum atomic E-state index is 12.0. The van der Waals surface area contributed by atoms with Crippen LogP contribution in [0.25, 0.3) is 0 Å². The van der Waals surface area contributed by atoms with Gasteiger partial charge in [0.1, 0.15) is 9.34 Å². The minimum Gasteiger partial charge on any atom is -0.444 e. The van der Waals surface area contributed by atoms with Crippen LogP contribution in [-0.2, 0) is 9.53 Å². The maximum Gasteiger partial charge on any atom is 0.408 e. The molecule has 0 saturated heterocycles. The Morgan fingerprint density at radius 2 is 1.79 bits per heavy atom. The molecule has 0 aromatic rings. The monoisotopic (exact) mass is 399 g/mol. The van der Waals surface area contributed by atoms with E-state index in [1.54, 1.807) is 20.8 Å². The number of carbonyl (C=O) groups excluding carboxylic acids is 2. The summed E-state index contributed by atoms with van der Waals surface area (Å²) in [5, 5.41) is 2.64. The molecule has 1 atom stereocenters. The second-order valence-corrected chi connectivity index (χ2v) is 8.46. The fourth-order valence-corrected chi connectivity index (χ4v) is 2.12. The van der Waals surface area contributed by atoms with Gasteiger partial charge in [-0.3, -0.25) is 4.79 Å². The zero-order chi connectivity index (χ0) is 15.1. The Kier molecular flexibility index (Phi) is 8.90. The number of hydrogen-bond acceptors (Lipinski definition) is 3. The first kappa shape index (κ1) is 18.9. The maximum absolute atomic E-state index is 12.0. The molecule has 0 radical (unpaired) electrons. The van der Waals surface area contributed by atoms with Crippen molar-refractivity contribution in [3.05, 3.63) is 0 Å². The molecule has 0 fully saturated rings. The summed E-state index contributed by atoms with van der Waals surface area (Å²) in [5.74, 6) is -0.0954. The lowest BCUT2D eigenvalue weighted by Crippen LogP contribution is -2.45. The van der Waals surface area contributed by atoms with Gasteiger partial charge in [0.15, 0.2) is 5.78 Å². The number of alkyl halides is 2. The van der Waals surface area contributed by atoms with Crippen LogP contribution in [0.1, 0.15) is 53.4 Å². The number of halogens is 2. The molecule has 1 amide bonds. The van der Waals surface area contributed by atoms with Gasteiger partial charge in [0.25, 0.3) is 0 Å². The third-order valence-corrected chi connectivity index (χ3v) is 3.25. The van der Waals surface area contributed by atoms with Crippen LogP contribution in [0, 0.1) is 0 Å². The lowest BCUT2D eigenvalue weighted by atomic mass is 10.1. The molecule has 1 N–H and O–H groups in total. The molecule has 19 heavy (non-hydrogen) atoms. The molecule has 4 nitrogen and oxygen atoms in total. The number of nitrogens with one attached hydrogen (secondary N) is 1. The summed E-state index contributed by atoms with van der Waals surface area (Å²) in [6.45, 7) is 7.46. The van der Waals surface area contributed by atoms with Gasteiger partial charge in [-0.2, -0.15) is 0 Å². The standard InChI is InChI=1S/C13H23Br2NO3/c1-5-6-7-8-9(10(17)11(14)15)16-12(18)19-13(2,3)4/h9,11H,5-8H2,1-4H3,(H,16,18)/t9-/m0/s1. The second kappa shape index (κ2) is 8.95. The molecule has 0 unspecified atom stereocenters. The van der Waals surface area contributed by atoms with Crippen LogP contribution in [0.2, 0.25) is 0 Å². The van der Waals surface area contributed by atoms with Gasteiger partial charge in [-0.1, -0.05) is 58.0 Å². The SMILES string of the molecule is CCCCC[C@H](NC(=O)OC(C)(C)C)C(=O)C(Br)Br. The summed E-state index contributed by atoms with van der Waals surface area (Å²) < 4.78 is 4.71. The summed E-state index contributed by atoms with van der Waals surface area (Å²) >= 11 is 6.35. The van der Waals surface area contributed by atoms with Crippen molar-refractivity contribution in [3.63, 3.8) is 0 Å². The van der Waals surface area contributed by atoms with E-state index in [0.717, 1.165) is 19.3 Å². The summed E-state index contributed by atoms with van der Waals surface area (Å²) in [7, 11) is 0. The Morgan fingerprint density at radius 1 is 1.21 bits per heavy atom. The molecule has 0 aromatic heterocycles. The zero-order valence-electron chi connectivity index (χ0n) is 12.0. The molecule has 6 heteroatoms. The fraction of sp³-hybridized carbons (Fsp3) is 0.846. The smallest absolute Gasteiger partial charge is 0.408 e. The first-order valence-electron chi connectivity index (χ1n) is 6.48. The molecule has 0 aromatic carbocycles. The number of hydrogen-bond donors (Lipinski definition) is 1. The molecule has 0 saturated carbocycles. The predicted octanol–water partition coefficient (Wildman–Crippen LogP) is 4.15. The third-order valence-electron chi connectivity index (χ3n) is 2.35. The number of Topliss-reactive ketones (excluding diaryl/α,β-unsaturated/α-hetero) is 1. The van der Waals surface area contributed by atoms with E-state index in [0.29, 0.717) is 6.42 Å². The van der Waals surface area contributed by atoms with Gasteiger partial charge in [-0.25, -0.2) is 4.79 Å². The molecule has 0 aliphatic carbocycles. The second-order valence-electron chi connectivity index (χ2n) is 5.40. The number of ketones is 1. The number of ether oxygens (including phenoxy) is 1. The fourth-order valence-electron chi connectivity index (χ4n) is 1.49. The normalized spacial score (nSPS) is 13.2. The highest BCUT2D eigenvalue weighted by molar-refractivity contribution is 9.25. The van der Waals surface area contributed by atoms with Crippen molar-refractivity contribution in [1.82, 2.24) is 5.32 Å². The van der Waals surface area contributed by atoms with Gasteiger partial charge in [0, 0.05) is 0 Å². The topological polar surface area (TPSA) is 55.4 Å². The first-order valence-corrected chi connectivity index (χ1v) is 8.32. The van der Waals surface area contributed by atoms with Crippen LogP contribution in [0.5, 0.6) is 0 Å². The van der Waals surface area contributed by atoms with Crippen molar-refractivity contribution < 1.29 is 14.3 Å². The molecular formula is C13H23Br2NO3. The Labute approximate surface area is 132 Å². The van der Waals surface area contributed by atoms with Crippen LogP contribution in [-0.4, -0.2) is 27.3 Å². The van der Waals surface area contributed by atoms with Gasteiger partial charge >= 0.3 is 6.09 Å². The minimum atomic E-state index is -0.566. The van der Waals surface area contributed by atoms with Crippen molar-refractivity contribution in [1.29, 1.82) is 0 Å². The minimum absolute atomic E-state index is 0.0954. The number of amides is 1. The molecule has 112 valence electrons. The molecule has 0 heterocycles. The Balaban J connectivity index is 4.49. The summed E-state index contributed by atoms with van der Waals surface area (Å²) in [6.07, 6.45) is 3.08. The molecular weight excluding hydrogens is 378 g/mol. The molecule has 0 rings (SSSR count). The van der Waals surface area contributed by atoms with Crippen LogP contribution in [0.4, 0.5) is 4.79 Å². The Morgan fingerprint density at radius 3 is 2.21 bits per heavy atom. The number of rotatable bonds is 7. The summed E-state index contributed by atoms with van der Waals surface area (Å²) in [6, 6.07) is -0.523. The largest absolute Gasteiger partial charge is 0.444 e. The van der Waals surface area contributed by atoms with E-state index in [1.165, 1.54) is 0 Å². The van der Waals surface area contributed by atoms with Crippen LogP contribution in [0.15, 0.2) is 0 Å². The van der Waals surface area contributed by atoms with E-state index < -0.39 is 21.5 Å². The zero-order valence-corrected chi connectivity index (χ0v) is 15.1. The highest BCUT2D eigenvalue weighted by Gasteiger charge is 2.26. The molecule has 0 aliphatic heterocycles. The number of alkyl carbamates (subject to hydrolysis) is 1. The van der Waals surface area contributed by atoms with E-state index in [-0.39, 0.29) is 5.78 Å². The van der Waals surface area contributed by atoms with Crippen molar-refractivity contribution in [3.8, 4) is 0 Å². The van der Waals surface area contributed by atoms with Gasteiger partial charge < -0.3 is 10.1 Å². The van der Waals surface area contributed by atoms with Crippen LogP contribution >= 0.6 is 31.9 Å². The lowest BCUT2D eigenvalue weighted by Gasteiger charge is -2.23. The average Bonchev–Trinajstić information content (AvgIpc) is 2.24. The van der Waals surface area contributed by atoms with E-state index in [9.17, 15) is 9.59 Å². The first-order chi connectivity index (χ1) is 8.67. The Bertz CT molecular complexity index is 301. The average molecular weight is 401 g/mol. The highest BCUT2D eigenvalue weighted by atomic mass is 79.9. The number of unbranched alkanes of at least 4 members (excludes halogenated alkanes) is 2. The van der Waals surface area contributed by atoms with Gasteiger partial charge in [0.05, 0.1) is 6.04 Å². The van der Waals surface area contributed by atoms with Crippen molar-refractivity contribution in [2.75, 3.05) is 0 Å². The van der Waals surface area contributed by atoms with Gasteiger partial charge in [0.2, 0.25) is 0 Å². The Hall–Kier alpha value is -0.100. The highest BCUT2D eigenvalue weighted by Crippen LogP contribution is 2.16. The van der Waals surface area contributed by atoms with Crippen molar-refractivity contribution >= 4 is 43.7 Å². The van der Waals surface area contributed by atoms with Gasteiger partial charge in [-0.15, -0.1) is 0 Å². The van der Waals surface area contributed by atoms with Crippen LogP contribution in [0.3, 0.4) is 0 Å². The molecule has 0 aliphatic rings. The summed E-state index contributed by atoms with van der Waals surface area (Å²) in [4.78, 5) is 23.7. The summed E-state index contributed by atoms with van der Waals surface area (Å²) in [5.41, 5.74) is -0.566. The number of carbonyl (C=O) groups is 2. The van der Waals surface area contributed by atoms with Crippen molar-refractivity contribution in [2.24, 2.45) is 0 Å². The van der Waals surface area contributed by atoms with Gasteiger partial charge in [-0.05, 0) is 27.2 Å². The van der Waals surface area contributed by atoms with Crippen LogP contribution < -0.4 is 5.32 Å². The van der Waals surface area contributed by atoms with E-state index in [4.69, 9.17) is 4.74 Å². The predicted molar refractivity (Wildman–Crippen MR) is 83.9 cm³/mol. The lowest BCUT2D eigenvalue weighted by molar-refractivity contribution is -0.119. The molecule has 0 bridgehead atoms. The quantitative estimate of drug-likeness (QED) is 0.515. The van der Waals surface area contributed by atoms with E-state index >= 15 is 0 Å². The molecule has 0 spiro atoms.